The molecule has 0 saturated heterocycles. The van der Waals surface area contributed by atoms with Crippen molar-refractivity contribution in [2.45, 2.75) is 6.42 Å². The van der Waals surface area contributed by atoms with Crippen molar-refractivity contribution in [2.75, 3.05) is 11.6 Å². The minimum atomic E-state index is -0.351. The fraction of sp³-hybridized carbons (Fsp3) is 0.133. The number of anilines is 1. The molecule has 0 spiro atoms. The van der Waals surface area contributed by atoms with Crippen molar-refractivity contribution in [2.24, 2.45) is 5.10 Å². The van der Waals surface area contributed by atoms with Gasteiger partial charge in [0.15, 0.2) is 0 Å². The standard InChI is InChI=1S/C15H11N3O2/c19-14-10-4-1-3-9-5-6-11(18-8-2-7-16-18)13(12(9)10)15(20)17-14/h1,3-7H,2,8H2,(H,17,19,20). The van der Waals surface area contributed by atoms with E-state index in [1.165, 1.54) is 0 Å². The van der Waals surface area contributed by atoms with Gasteiger partial charge in [0, 0.05) is 30.1 Å². The van der Waals surface area contributed by atoms with Gasteiger partial charge in [-0.3, -0.25) is 19.9 Å². The zero-order valence-electron chi connectivity index (χ0n) is 10.6. The molecule has 2 aromatic carbocycles. The van der Waals surface area contributed by atoms with E-state index in [4.69, 9.17) is 0 Å². The molecule has 0 aliphatic carbocycles. The molecule has 0 fully saturated rings. The van der Waals surface area contributed by atoms with Gasteiger partial charge in [0.2, 0.25) is 0 Å². The van der Waals surface area contributed by atoms with E-state index < -0.39 is 0 Å². The van der Waals surface area contributed by atoms with E-state index in [1.807, 2.05) is 30.5 Å². The van der Waals surface area contributed by atoms with Crippen molar-refractivity contribution >= 4 is 34.5 Å². The van der Waals surface area contributed by atoms with E-state index >= 15 is 0 Å². The lowest BCUT2D eigenvalue weighted by molar-refractivity contribution is 0.0845. The van der Waals surface area contributed by atoms with Gasteiger partial charge in [-0.05, 0) is 17.5 Å². The maximum Gasteiger partial charge on any atom is 0.260 e. The molecule has 0 bridgehead atoms. The number of nitrogens with zero attached hydrogens (tertiary/aromatic N) is 2. The average molecular weight is 265 g/mol. The largest absolute Gasteiger partial charge is 0.288 e. The predicted octanol–water partition coefficient (Wildman–Crippen LogP) is 1.92. The third-order valence-corrected chi connectivity index (χ3v) is 3.69. The first-order valence-corrected chi connectivity index (χ1v) is 6.47. The highest BCUT2D eigenvalue weighted by Crippen LogP contribution is 2.34. The average Bonchev–Trinajstić information content (AvgIpc) is 2.98. The maximum atomic E-state index is 12.2. The van der Waals surface area contributed by atoms with Crippen LogP contribution in [0.25, 0.3) is 10.8 Å². The van der Waals surface area contributed by atoms with Gasteiger partial charge >= 0.3 is 0 Å². The number of imide groups is 1. The normalized spacial score (nSPS) is 16.9. The van der Waals surface area contributed by atoms with Crippen LogP contribution in [0.3, 0.4) is 0 Å². The van der Waals surface area contributed by atoms with Gasteiger partial charge in [0.25, 0.3) is 11.8 Å². The van der Waals surface area contributed by atoms with E-state index in [0.29, 0.717) is 11.1 Å². The number of amides is 2. The van der Waals surface area contributed by atoms with Crippen molar-refractivity contribution < 1.29 is 9.59 Å². The van der Waals surface area contributed by atoms with Gasteiger partial charge < -0.3 is 0 Å². The van der Waals surface area contributed by atoms with E-state index in [-0.39, 0.29) is 11.8 Å². The van der Waals surface area contributed by atoms with E-state index in [1.54, 1.807) is 11.1 Å². The lowest BCUT2D eigenvalue weighted by Gasteiger charge is -2.23. The number of rotatable bonds is 1. The molecule has 2 aliphatic heterocycles. The molecule has 1 N–H and O–H groups in total. The van der Waals surface area contributed by atoms with E-state index in [0.717, 1.165) is 29.4 Å². The molecular formula is C15H11N3O2. The van der Waals surface area contributed by atoms with Crippen molar-refractivity contribution in [3.63, 3.8) is 0 Å². The number of hydrogen-bond donors (Lipinski definition) is 1. The van der Waals surface area contributed by atoms with Crippen LogP contribution in [0.2, 0.25) is 0 Å². The Labute approximate surface area is 114 Å². The Hall–Kier alpha value is -2.69. The molecule has 5 nitrogen and oxygen atoms in total. The highest BCUT2D eigenvalue weighted by Gasteiger charge is 2.29. The molecular weight excluding hydrogens is 254 g/mol. The van der Waals surface area contributed by atoms with Gasteiger partial charge in [0.1, 0.15) is 0 Å². The van der Waals surface area contributed by atoms with E-state index in [9.17, 15) is 9.59 Å². The zero-order chi connectivity index (χ0) is 13.7. The number of nitrogens with one attached hydrogen (secondary N) is 1. The van der Waals surface area contributed by atoms with Crippen LogP contribution in [-0.2, 0) is 0 Å². The number of hydrazone groups is 1. The van der Waals surface area contributed by atoms with Crippen LogP contribution in [0.5, 0.6) is 0 Å². The first-order valence-electron chi connectivity index (χ1n) is 6.47. The second kappa shape index (κ2) is 3.90. The molecule has 2 amide bonds. The Morgan fingerprint density at radius 3 is 2.80 bits per heavy atom. The molecule has 2 aliphatic rings. The summed E-state index contributed by atoms with van der Waals surface area (Å²) in [5.41, 5.74) is 1.84. The number of carbonyl (C=O) groups is 2. The monoisotopic (exact) mass is 265 g/mol. The van der Waals surface area contributed by atoms with Crippen LogP contribution >= 0.6 is 0 Å². The van der Waals surface area contributed by atoms with E-state index in [2.05, 4.69) is 10.4 Å². The summed E-state index contributed by atoms with van der Waals surface area (Å²) in [5.74, 6) is -0.688. The molecule has 0 atom stereocenters. The first kappa shape index (κ1) is 11.2. The van der Waals surface area contributed by atoms with Crippen molar-refractivity contribution in [3.05, 3.63) is 41.5 Å². The Morgan fingerprint density at radius 2 is 2.00 bits per heavy atom. The molecule has 2 aromatic rings. The second-order valence-corrected chi connectivity index (χ2v) is 4.86. The third-order valence-electron chi connectivity index (χ3n) is 3.69. The molecule has 2 heterocycles. The molecule has 0 aromatic heterocycles. The molecule has 20 heavy (non-hydrogen) atoms. The first-order chi connectivity index (χ1) is 9.75. The summed E-state index contributed by atoms with van der Waals surface area (Å²) in [7, 11) is 0. The molecule has 0 saturated carbocycles. The minimum Gasteiger partial charge on any atom is -0.288 e. The van der Waals surface area contributed by atoms with Crippen LogP contribution < -0.4 is 10.3 Å². The summed E-state index contributed by atoms with van der Waals surface area (Å²) in [6.07, 6.45) is 2.69. The van der Waals surface area contributed by atoms with Crippen LogP contribution in [0.1, 0.15) is 27.1 Å². The number of hydrogen-bond acceptors (Lipinski definition) is 4. The summed E-state index contributed by atoms with van der Waals surface area (Å²) < 4.78 is 0. The van der Waals surface area contributed by atoms with Crippen molar-refractivity contribution in [1.29, 1.82) is 0 Å². The van der Waals surface area contributed by atoms with Crippen LogP contribution in [0.4, 0.5) is 5.69 Å². The second-order valence-electron chi connectivity index (χ2n) is 4.86. The fourth-order valence-electron chi connectivity index (χ4n) is 2.81. The van der Waals surface area contributed by atoms with Crippen molar-refractivity contribution in [3.8, 4) is 0 Å². The molecule has 0 unspecified atom stereocenters. The topological polar surface area (TPSA) is 61.8 Å². The maximum absolute atomic E-state index is 12.2. The predicted molar refractivity (Wildman–Crippen MR) is 76.2 cm³/mol. The Balaban J connectivity index is 2.09. The van der Waals surface area contributed by atoms with Gasteiger partial charge in [-0.2, -0.15) is 5.10 Å². The summed E-state index contributed by atoms with van der Waals surface area (Å²) >= 11 is 0. The van der Waals surface area contributed by atoms with Crippen LogP contribution in [0.15, 0.2) is 35.4 Å². The van der Waals surface area contributed by atoms with Gasteiger partial charge in [-0.25, -0.2) is 0 Å². The number of carbonyl (C=O) groups excluding carboxylic acids is 2. The minimum absolute atomic E-state index is 0.338. The lowest BCUT2D eigenvalue weighted by Crippen LogP contribution is -2.36. The molecule has 5 heteroatoms. The zero-order valence-corrected chi connectivity index (χ0v) is 10.6. The summed E-state index contributed by atoms with van der Waals surface area (Å²) in [6.45, 7) is 0.752. The SMILES string of the molecule is O=C1NC(=O)c2c(N3CCC=N3)ccc3cccc1c23. The molecule has 0 radical (unpaired) electrons. The fourth-order valence-corrected chi connectivity index (χ4v) is 2.81. The highest BCUT2D eigenvalue weighted by molar-refractivity contribution is 6.27. The Morgan fingerprint density at radius 1 is 1.10 bits per heavy atom. The smallest absolute Gasteiger partial charge is 0.260 e. The third kappa shape index (κ3) is 1.40. The molecule has 98 valence electrons. The Kier molecular flexibility index (Phi) is 2.18. The Bertz CT molecular complexity index is 795. The quantitative estimate of drug-likeness (QED) is 0.801. The molecule has 4 rings (SSSR count). The van der Waals surface area contributed by atoms with Gasteiger partial charge in [-0.15, -0.1) is 0 Å². The number of benzene rings is 2. The van der Waals surface area contributed by atoms with Gasteiger partial charge in [0.05, 0.1) is 11.3 Å². The van der Waals surface area contributed by atoms with Crippen LogP contribution in [0, 0.1) is 0 Å². The van der Waals surface area contributed by atoms with Crippen LogP contribution in [-0.4, -0.2) is 24.6 Å². The summed E-state index contributed by atoms with van der Waals surface area (Å²) in [4.78, 5) is 24.2. The lowest BCUT2D eigenvalue weighted by atomic mass is 9.93. The van der Waals surface area contributed by atoms with Crippen molar-refractivity contribution in [1.82, 2.24) is 5.32 Å². The highest BCUT2D eigenvalue weighted by atomic mass is 16.2. The van der Waals surface area contributed by atoms with Gasteiger partial charge in [-0.1, -0.05) is 18.2 Å². The summed E-state index contributed by atoms with van der Waals surface area (Å²) in [6, 6.07) is 9.29. The summed E-state index contributed by atoms with van der Waals surface area (Å²) in [5, 5.41) is 10.1.